The van der Waals surface area contributed by atoms with Gasteiger partial charge < -0.3 is 14.6 Å². The molecule has 0 aromatic heterocycles. The number of ketones is 1. The molecule has 0 aliphatic heterocycles. The van der Waals surface area contributed by atoms with E-state index in [0.717, 1.165) is 5.56 Å². The van der Waals surface area contributed by atoms with Crippen molar-refractivity contribution in [3.05, 3.63) is 23.3 Å². The summed E-state index contributed by atoms with van der Waals surface area (Å²) in [6.45, 7) is 3.16. The van der Waals surface area contributed by atoms with Crippen LogP contribution in [0.4, 0.5) is 0 Å². The Kier molecular flexibility index (Phi) is 4.31. The molecule has 0 spiro atoms. The van der Waals surface area contributed by atoms with Crippen LogP contribution in [-0.4, -0.2) is 31.1 Å². The van der Waals surface area contributed by atoms with E-state index >= 15 is 0 Å². The van der Waals surface area contributed by atoms with Gasteiger partial charge in [0.2, 0.25) is 0 Å². The Bertz CT molecular complexity index is 479. The molecule has 0 amide bonds. The van der Waals surface area contributed by atoms with Gasteiger partial charge in [0.05, 0.1) is 19.8 Å². The molecule has 0 saturated carbocycles. The molecule has 1 rings (SSSR count). The fourth-order valence-corrected chi connectivity index (χ4v) is 1.59. The van der Waals surface area contributed by atoms with Crippen LogP contribution in [0.5, 0.6) is 11.5 Å². The van der Waals surface area contributed by atoms with Crippen LogP contribution in [0.3, 0.4) is 0 Å². The maximum absolute atomic E-state index is 12.0. The second kappa shape index (κ2) is 5.53. The smallest absolute Gasteiger partial charge is 0.314 e. The van der Waals surface area contributed by atoms with Crippen molar-refractivity contribution in [3.8, 4) is 11.5 Å². The number of ether oxygens (including phenoxy) is 2. The van der Waals surface area contributed by atoms with E-state index in [1.54, 1.807) is 6.07 Å². The van der Waals surface area contributed by atoms with Crippen molar-refractivity contribution in [2.75, 3.05) is 14.2 Å². The molecular formula is C13H16O5. The van der Waals surface area contributed by atoms with Gasteiger partial charge in [-0.2, -0.15) is 0 Å². The third-order valence-electron chi connectivity index (χ3n) is 2.75. The van der Waals surface area contributed by atoms with Crippen LogP contribution in [0, 0.1) is 12.8 Å². The van der Waals surface area contributed by atoms with E-state index in [4.69, 9.17) is 14.6 Å². The van der Waals surface area contributed by atoms with E-state index in [0.29, 0.717) is 11.5 Å². The van der Waals surface area contributed by atoms with Crippen molar-refractivity contribution in [2.24, 2.45) is 5.92 Å². The molecule has 5 heteroatoms. The highest BCUT2D eigenvalue weighted by Gasteiger charge is 2.25. The van der Waals surface area contributed by atoms with Crippen molar-refractivity contribution in [1.82, 2.24) is 0 Å². The number of hydrogen-bond donors (Lipinski definition) is 1. The summed E-state index contributed by atoms with van der Waals surface area (Å²) in [5.74, 6) is -1.91. The number of aryl methyl sites for hydroxylation is 1. The lowest BCUT2D eigenvalue weighted by atomic mass is 9.97. The first-order chi connectivity index (χ1) is 8.42. The van der Waals surface area contributed by atoms with E-state index in [-0.39, 0.29) is 5.56 Å². The number of hydrogen-bond acceptors (Lipinski definition) is 4. The first-order valence-corrected chi connectivity index (χ1v) is 5.42. The zero-order valence-corrected chi connectivity index (χ0v) is 10.8. The average Bonchev–Trinajstić information content (AvgIpc) is 2.36. The largest absolute Gasteiger partial charge is 0.496 e. The standard InChI is InChI=1S/C13H16O5/c1-7-5-11(18-4)9(6-10(7)17-3)12(14)8(2)13(15)16/h5-6,8H,1-4H3,(H,15,16). The molecule has 0 radical (unpaired) electrons. The molecule has 18 heavy (non-hydrogen) atoms. The molecule has 98 valence electrons. The van der Waals surface area contributed by atoms with Crippen molar-refractivity contribution >= 4 is 11.8 Å². The molecule has 0 bridgehead atoms. The molecule has 1 aromatic rings. The topological polar surface area (TPSA) is 72.8 Å². The Labute approximate surface area is 105 Å². The Hall–Kier alpha value is -2.04. The number of carbonyl (C=O) groups is 2. The minimum Gasteiger partial charge on any atom is -0.496 e. The summed E-state index contributed by atoms with van der Waals surface area (Å²) in [7, 11) is 2.92. The summed E-state index contributed by atoms with van der Waals surface area (Å²) < 4.78 is 10.2. The van der Waals surface area contributed by atoms with Gasteiger partial charge in [0.15, 0.2) is 5.78 Å². The van der Waals surface area contributed by atoms with Crippen molar-refractivity contribution in [2.45, 2.75) is 13.8 Å². The number of Topliss-reactive ketones (excluding diaryl/α,β-unsaturated/α-hetero) is 1. The molecule has 0 aliphatic carbocycles. The Morgan fingerprint density at radius 2 is 1.72 bits per heavy atom. The van der Waals surface area contributed by atoms with Crippen molar-refractivity contribution < 1.29 is 24.2 Å². The van der Waals surface area contributed by atoms with Crippen LogP contribution >= 0.6 is 0 Å². The molecule has 0 heterocycles. The van der Waals surface area contributed by atoms with Gasteiger partial charge in [-0.15, -0.1) is 0 Å². The lowest BCUT2D eigenvalue weighted by Crippen LogP contribution is -2.21. The van der Waals surface area contributed by atoms with Gasteiger partial charge in [-0.25, -0.2) is 0 Å². The van der Waals surface area contributed by atoms with Gasteiger partial charge in [-0.1, -0.05) is 0 Å². The average molecular weight is 252 g/mol. The van der Waals surface area contributed by atoms with Crippen LogP contribution in [0.15, 0.2) is 12.1 Å². The highest BCUT2D eigenvalue weighted by molar-refractivity contribution is 6.09. The normalized spacial score (nSPS) is 11.8. The SMILES string of the molecule is COc1cc(C(=O)C(C)C(=O)O)c(OC)cc1C. The van der Waals surface area contributed by atoms with Gasteiger partial charge in [0.25, 0.3) is 0 Å². The maximum Gasteiger partial charge on any atom is 0.314 e. The minimum absolute atomic E-state index is 0.217. The summed E-state index contributed by atoms with van der Waals surface area (Å²) in [5, 5.41) is 8.87. The first kappa shape index (κ1) is 14.0. The fourth-order valence-electron chi connectivity index (χ4n) is 1.59. The number of benzene rings is 1. The number of carboxylic acid groups (broad SMARTS) is 1. The Morgan fingerprint density at radius 1 is 1.17 bits per heavy atom. The van der Waals surface area contributed by atoms with Crippen LogP contribution in [-0.2, 0) is 4.79 Å². The van der Waals surface area contributed by atoms with E-state index < -0.39 is 17.7 Å². The fraction of sp³-hybridized carbons (Fsp3) is 0.385. The number of carboxylic acids is 1. The van der Waals surface area contributed by atoms with E-state index in [9.17, 15) is 9.59 Å². The van der Waals surface area contributed by atoms with Crippen LogP contribution in [0.2, 0.25) is 0 Å². The molecule has 1 unspecified atom stereocenters. The number of rotatable bonds is 5. The van der Waals surface area contributed by atoms with Crippen LogP contribution < -0.4 is 9.47 Å². The second-order valence-electron chi connectivity index (χ2n) is 3.95. The second-order valence-corrected chi connectivity index (χ2v) is 3.95. The predicted molar refractivity (Wildman–Crippen MR) is 65.4 cm³/mol. The first-order valence-electron chi connectivity index (χ1n) is 5.42. The van der Waals surface area contributed by atoms with Crippen LogP contribution in [0.1, 0.15) is 22.8 Å². The molecular weight excluding hydrogens is 236 g/mol. The molecule has 0 aliphatic rings. The zero-order chi connectivity index (χ0) is 13.9. The number of carbonyl (C=O) groups excluding carboxylic acids is 1. The summed E-state index contributed by atoms with van der Waals surface area (Å²) in [4.78, 5) is 22.9. The van der Waals surface area contributed by atoms with Gasteiger partial charge in [0, 0.05) is 0 Å². The maximum atomic E-state index is 12.0. The third kappa shape index (κ3) is 2.61. The Balaban J connectivity index is 3.29. The van der Waals surface area contributed by atoms with Gasteiger partial charge in [0.1, 0.15) is 17.4 Å². The zero-order valence-electron chi connectivity index (χ0n) is 10.8. The Morgan fingerprint density at radius 3 is 2.17 bits per heavy atom. The quantitative estimate of drug-likeness (QED) is 0.640. The highest BCUT2D eigenvalue weighted by Crippen LogP contribution is 2.30. The molecule has 0 saturated heterocycles. The minimum atomic E-state index is -1.17. The molecule has 1 aromatic carbocycles. The lowest BCUT2D eigenvalue weighted by Gasteiger charge is -2.13. The lowest BCUT2D eigenvalue weighted by molar-refractivity contribution is -0.139. The number of methoxy groups -OCH3 is 2. The highest BCUT2D eigenvalue weighted by atomic mass is 16.5. The summed E-state index contributed by atoms with van der Waals surface area (Å²) in [6, 6.07) is 3.16. The van der Waals surface area contributed by atoms with E-state index in [1.165, 1.54) is 27.2 Å². The van der Waals surface area contributed by atoms with E-state index in [1.807, 2.05) is 6.92 Å². The molecule has 0 fully saturated rings. The van der Waals surface area contributed by atoms with Gasteiger partial charge >= 0.3 is 5.97 Å². The monoisotopic (exact) mass is 252 g/mol. The molecule has 1 N–H and O–H groups in total. The summed E-state index contributed by atoms with van der Waals surface area (Å²) >= 11 is 0. The number of aliphatic carboxylic acids is 1. The van der Waals surface area contributed by atoms with Gasteiger partial charge in [-0.05, 0) is 31.5 Å². The van der Waals surface area contributed by atoms with E-state index in [2.05, 4.69) is 0 Å². The summed E-state index contributed by atoms with van der Waals surface area (Å²) in [5.41, 5.74) is 1.03. The van der Waals surface area contributed by atoms with Crippen molar-refractivity contribution in [3.63, 3.8) is 0 Å². The summed E-state index contributed by atoms with van der Waals surface area (Å²) in [6.07, 6.45) is 0. The molecule has 1 atom stereocenters. The molecule has 5 nitrogen and oxygen atoms in total. The third-order valence-corrected chi connectivity index (χ3v) is 2.75. The predicted octanol–water partition coefficient (Wildman–Crippen LogP) is 1.92. The van der Waals surface area contributed by atoms with Gasteiger partial charge in [-0.3, -0.25) is 9.59 Å². The van der Waals surface area contributed by atoms with Crippen LogP contribution in [0.25, 0.3) is 0 Å². The van der Waals surface area contributed by atoms with Crippen molar-refractivity contribution in [1.29, 1.82) is 0 Å².